The number of nitrogens with zero attached hydrogens (tertiary/aromatic N) is 2. The number of nitrogens with one attached hydrogen (secondary N) is 1. The first kappa shape index (κ1) is 17.1. The molecule has 8 nitrogen and oxygen atoms in total. The first-order valence-electron chi connectivity index (χ1n) is 8.40. The van der Waals surface area contributed by atoms with Gasteiger partial charge in [-0.05, 0) is 0 Å². The first-order valence-corrected chi connectivity index (χ1v) is 8.40. The number of aliphatic hydroxyl groups excluding tert-OH is 1. The minimum absolute atomic E-state index is 0.0168. The third-order valence-electron chi connectivity index (χ3n) is 4.48. The zero-order valence-corrected chi connectivity index (χ0v) is 14.2. The van der Waals surface area contributed by atoms with Crippen LogP contribution in [-0.4, -0.2) is 31.7 Å². The fourth-order valence-electron chi connectivity index (χ4n) is 3.16. The maximum absolute atomic E-state index is 12.3. The summed E-state index contributed by atoms with van der Waals surface area (Å²) in [7, 11) is 0. The molecule has 27 heavy (non-hydrogen) atoms. The number of fused-ring (bicyclic) bond motifs is 2. The lowest BCUT2D eigenvalue weighted by Crippen LogP contribution is -2.31. The van der Waals surface area contributed by atoms with Gasteiger partial charge in [0.25, 0.3) is 4.66 Å². The van der Waals surface area contributed by atoms with Crippen molar-refractivity contribution in [3.05, 3.63) is 65.1 Å². The molecule has 0 aliphatic rings. The van der Waals surface area contributed by atoms with Crippen molar-refractivity contribution in [1.82, 2.24) is 9.78 Å². The van der Waals surface area contributed by atoms with E-state index in [4.69, 9.17) is 4.74 Å². The second-order valence-electron chi connectivity index (χ2n) is 6.11. The molecule has 1 unspecified atom stereocenters. The standard InChI is InChI=1S/C19H17N3O5/c23-17-13-8-4-5-9-14(13)18(24)16-15(17)20-22(26)21(16)10-11-27-19(25)12-6-2-1-3-7-12/h1-9,19,25H,10-11H2,(H2-,20,23,24,26)/p+1. The predicted molar refractivity (Wildman–Crippen MR) is 97.8 cm³/mol. The number of hydrogen-bond acceptors (Lipinski definition) is 5. The lowest BCUT2D eigenvalue weighted by Gasteiger charge is -2.11. The van der Waals surface area contributed by atoms with Crippen molar-refractivity contribution in [2.75, 3.05) is 6.61 Å². The Hall–Kier alpha value is -3.36. The largest absolute Gasteiger partial charge is 0.505 e. The van der Waals surface area contributed by atoms with Gasteiger partial charge in [0, 0.05) is 16.3 Å². The van der Waals surface area contributed by atoms with Crippen molar-refractivity contribution in [2.24, 2.45) is 0 Å². The van der Waals surface area contributed by atoms with Crippen LogP contribution in [0, 0.1) is 4.91 Å². The lowest BCUT2D eigenvalue weighted by molar-refractivity contribution is -0.649. The van der Waals surface area contributed by atoms with E-state index in [1.54, 1.807) is 48.5 Å². The fourth-order valence-corrected chi connectivity index (χ4v) is 3.16. The van der Waals surface area contributed by atoms with Gasteiger partial charge in [-0.2, -0.15) is 0 Å². The Labute approximate surface area is 153 Å². The van der Waals surface area contributed by atoms with E-state index in [1.807, 2.05) is 6.07 Å². The van der Waals surface area contributed by atoms with E-state index in [2.05, 4.69) is 5.10 Å². The Kier molecular flexibility index (Phi) is 4.27. The van der Waals surface area contributed by atoms with E-state index in [0.29, 0.717) is 21.0 Å². The maximum Gasteiger partial charge on any atom is 0.258 e. The van der Waals surface area contributed by atoms with Gasteiger partial charge in [0.05, 0.1) is 11.5 Å². The van der Waals surface area contributed by atoms with Crippen molar-refractivity contribution in [3.63, 3.8) is 0 Å². The van der Waals surface area contributed by atoms with Crippen LogP contribution in [0.3, 0.4) is 0 Å². The van der Waals surface area contributed by atoms with E-state index >= 15 is 0 Å². The van der Waals surface area contributed by atoms with Crippen molar-refractivity contribution in [3.8, 4) is 11.5 Å². The molecule has 1 heterocycles. The molecule has 4 N–H and O–H groups in total. The van der Waals surface area contributed by atoms with Crippen LogP contribution in [0.4, 0.5) is 0 Å². The molecule has 4 aromatic rings. The highest BCUT2D eigenvalue weighted by Crippen LogP contribution is 2.39. The van der Waals surface area contributed by atoms with Gasteiger partial charge in [-0.1, -0.05) is 64.4 Å². The fraction of sp³-hybridized carbons (Fsp3) is 0.158. The summed E-state index contributed by atoms with van der Waals surface area (Å²) in [5.41, 5.74) is 0.895. The van der Waals surface area contributed by atoms with Crippen LogP contribution >= 0.6 is 0 Å². The molecule has 0 radical (unpaired) electrons. The molecule has 1 atom stereocenters. The smallest absolute Gasteiger partial charge is 0.258 e. The van der Waals surface area contributed by atoms with Crippen LogP contribution in [0.25, 0.3) is 21.8 Å². The molecular formula is C19H18N3O5+. The number of phenolic OH excluding ortho intramolecular Hbond substituents is 2. The third-order valence-corrected chi connectivity index (χ3v) is 4.48. The van der Waals surface area contributed by atoms with Gasteiger partial charge in [0.1, 0.15) is 6.54 Å². The Morgan fingerprint density at radius 1 is 1.00 bits per heavy atom. The molecule has 0 bridgehead atoms. The number of benzene rings is 3. The molecular weight excluding hydrogens is 350 g/mol. The van der Waals surface area contributed by atoms with Gasteiger partial charge in [0.15, 0.2) is 28.8 Å². The maximum atomic E-state index is 12.3. The molecule has 4 rings (SSSR count). The molecule has 0 saturated heterocycles. The summed E-state index contributed by atoms with van der Waals surface area (Å²) in [6.07, 6.45) is -1.13. The summed E-state index contributed by atoms with van der Waals surface area (Å²) >= 11 is 0. The van der Waals surface area contributed by atoms with Gasteiger partial charge in [0.2, 0.25) is 0 Å². The number of hydrogen-bond donors (Lipinski definition) is 4. The Bertz CT molecular complexity index is 1170. The second kappa shape index (κ2) is 6.75. The lowest BCUT2D eigenvalue weighted by atomic mass is 10.1. The van der Waals surface area contributed by atoms with E-state index in [9.17, 15) is 20.2 Å². The van der Waals surface area contributed by atoms with Crippen LogP contribution in [0.5, 0.6) is 11.5 Å². The number of aromatic amines is 1. The number of aromatic hydroxyl groups is 2. The molecule has 0 saturated carbocycles. The summed E-state index contributed by atoms with van der Waals surface area (Å²) in [5.74, 6) is -0.236. The van der Waals surface area contributed by atoms with E-state index < -0.39 is 6.29 Å². The number of H-pyrrole nitrogens is 1. The summed E-state index contributed by atoms with van der Waals surface area (Å²) in [4.78, 5) is 12.3. The molecule has 138 valence electrons. The van der Waals surface area contributed by atoms with Crippen LogP contribution < -0.4 is 4.66 Å². The Morgan fingerprint density at radius 2 is 1.63 bits per heavy atom. The average Bonchev–Trinajstić information content (AvgIpc) is 3.03. The summed E-state index contributed by atoms with van der Waals surface area (Å²) in [6.45, 7) is 0.0711. The molecule has 0 aliphatic heterocycles. The number of aromatic nitrogens is 3. The summed E-state index contributed by atoms with van der Waals surface area (Å²) in [6, 6.07) is 15.6. The van der Waals surface area contributed by atoms with Crippen molar-refractivity contribution >= 4 is 21.8 Å². The Balaban J connectivity index is 1.66. The zero-order valence-electron chi connectivity index (χ0n) is 14.2. The zero-order chi connectivity index (χ0) is 19.0. The topological polar surface area (TPSA) is 114 Å². The molecule has 8 heteroatoms. The van der Waals surface area contributed by atoms with Gasteiger partial charge in [-0.25, -0.2) is 0 Å². The minimum Gasteiger partial charge on any atom is -0.505 e. The molecule has 0 fully saturated rings. The van der Waals surface area contributed by atoms with E-state index in [-0.39, 0.29) is 35.7 Å². The highest BCUT2D eigenvalue weighted by atomic mass is 16.6. The van der Waals surface area contributed by atoms with Gasteiger partial charge >= 0.3 is 0 Å². The highest BCUT2D eigenvalue weighted by Gasteiger charge is 2.24. The number of ether oxygens (including phenoxy) is 1. The average molecular weight is 368 g/mol. The molecule has 3 aromatic carbocycles. The number of rotatable bonds is 5. The second-order valence-corrected chi connectivity index (χ2v) is 6.11. The molecule has 0 aliphatic carbocycles. The van der Waals surface area contributed by atoms with Crippen molar-refractivity contribution in [2.45, 2.75) is 12.8 Å². The van der Waals surface area contributed by atoms with Crippen LogP contribution in [0.2, 0.25) is 0 Å². The van der Waals surface area contributed by atoms with Gasteiger partial charge < -0.3 is 20.1 Å². The normalized spacial score (nSPS) is 12.6. The van der Waals surface area contributed by atoms with Gasteiger partial charge in [-0.3, -0.25) is 0 Å². The third kappa shape index (κ3) is 2.90. The number of aliphatic hydroxyl groups is 1. The SMILES string of the molecule is O=[n+]1[nH]c2c(O)c3ccccc3c(O)c2n1CCOC(O)c1ccccc1. The van der Waals surface area contributed by atoms with E-state index in [0.717, 1.165) is 0 Å². The molecule has 1 aromatic heterocycles. The highest BCUT2D eigenvalue weighted by molar-refractivity contribution is 6.07. The van der Waals surface area contributed by atoms with Crippen molar-refractivity contribution < 1.29 is 24.7 Å². The quantitative estimate of drug-likeness (QED) is 0.245. The molecule has 0 amide bonds. The number of phenols is 2. The van der Waals surface area contributed by atoms with Crippen LogP contribution in [0.1, 0.15) is 11.9 Å². The minimum atomic E-state index is -1.13. The summed E-state index contributed by atoms with van der Waals surface area (Å²) in [5, 5.41) is 34.5. The predicted octanol–water partition coefficient (Wildman–Crippen LogP) is 2.16. The first-order chi connectivity index (χ1) is 13.1. The summed E-state index contributed by atoms with van der Waals surface area (Å²) < 4.78 is 7.01. The van der Waals surface area contributed by atoms with Crippen LogP contribution in [0.15, 0.2) is 54.6 Å². The van der Waals surface area contributed by atoms with Crippen LogP contribution in [-0.2, 0) is 11.3 Å². The molecule has 0 spiro atoms. The van der Waals surface area contributed by atoms with Gasteiger partial charge in [-0.15, -0.1) is 0 Å². The Morgan fingerprint density at radius 3 is 2.33 bits per heavy atom. The van der Waals surface area contributed by atoms with E-state index in [1.165, 1.54) is 4.68 Å². The van der Waals surface area contributed by atoms with Crippen molar-refractivity contribution in [1.29, 1.82) is 0 Å². The monoisotopic (exact) mass is 368 g/mol.